The molecule has 10 heteroatoms. The molecule has 0 aliphatic carbocycles. The van der Waals surface area contributed by atoms with Gasteiger partial charge in [0.25, 0.3) is 0 Å². The van der Waals surface area contributed by atoms with Gasteiger partial charge in [-0.05, 0) is 23.6 Å². The minimum Gasteiger partial charge on any atom is -0.363 e. The van der Waals surface area contributed by atoms with Crippen molar-refractivity contribution in [2.45, 2.75) is 17.9 Å². The molecule has 1 aliphatic rings. The Labute approximate surface area is 143 Å². The number of carbonyl (C=O) groups excluding carboxylic acids is 2. The van der Waals surface area contributed by atoms with E-state index in [0.717, 1.165) is 17.5 Å². The number of nitrogens with zero attached hydrogens (tertiary/aromatic N) is 1. The summed E-state index contributed by atoms with van der Waals surface area (Å²) >= 11 is 1.07. The summed E-state index contributed by atoms with van der Waals surface area (Å²) < 4.78 is 40.7. The first-order chi connectivity index (χ1) is 11.7. The molecule has 3 heterocycles. The van der Waals surface area contributed by atoms with Gasteiger partial charge in [0.05, 0.1) is 6.04 Å². The van der Waals surface area contributed by atoms with Gasteiger partial charge in [-0.25, -0.2) is 4.79 Å². The first-order valence-electron chi connectivity index (χ1n) is 7.09. The standard InChI is InChI=1S/C15H12F3N3O3S/c16-15(17,18)14(24)10(12(22)8-3-1-5-19-7-8)11(20-13(23)21-14)9-4-2-6-25-9/h1-7,10-11,24H,(H2,20,21,23)/t10-,11-,14-/m1/s1. The number of ketones is 1. The summed E-state index contributed by atoms with van der Waals surface area (Å²) in [5, 5.41) is 15.7. The predicted molar refractivity (Wildman–Crippen MR) is 81.8 cm³/mol. The number of amides is 2. The van der Waals surface area contributed by atoms with E-state index in [0.29, 0.717) is 4.88 Å². The van der Waals surface area contributed by atoms with E-state index >= 15 is 0 Å². The Hall–Kier alpha value is -2.46. The lowest BCUT2D eigenvalue weighted by Gasteiger charge is -2.44. The number of hydrogen-bond acceptors (Lipinski definition) is 5. The van der Waals surface area contributed by atoms with Crippen molar-refractivity contribution in [3.8, 4) is 0 Å². The number of pyridine rings is 1. The molecule has 2 aromatic heterocycles. The van der Waals surface area contributed by atoms with Gasteiger partial charge in [0.15, 0.2) is 5.78 Å². The van der Waals surface area contributed by atoms with Crippen LogP contribution in [0.25, 0.3) is 0 Å². The van der Waals surface area contributed by atoms with Crippen LogP contribution in [0.2, 0.25) is 0 Å². The molecule has 1 fully saturated rings. The van der Waals surface area contributed by atoms with Crippen molar-refractivity contribution in [3.63, 3.8) is 0 Å². The number of alkyl halides is 3. The fourth-order valence-corrected chi connectivity index (χ4v) is 3.55. The fourth-order valence-electron chi connectivity index (χ4n) is 2.73. The molecule has 25 heavy (non-hydrogen) atoms. The predicted octanol–water partition coefficient (Wildman–Crippen LogP) is 2.25. The van der Waals surface area contributed by atoms with Crippen molar-refractivity contribution in [3.05, 3.63) is 52.5 Å². The number of carbonyl (C=O) groups is 2. The number of nitrogens with one attached hydrogen (secondary N) is 2. The zero-order chi connectivity index (χ0) is 18.2. The van der Waals surface area contributed by atoms with Crippen molar-refractivity contribution in [2.24, 2.45) is 5.92 Å². The van der Waals surface area contributed by atoms with E-state index in [9.17, 15) is 27.9 Å². The van der Waals surface area contributed by atoms with E-state index in [1.165, 1.54) is 29.7 Å². The third kappa shape index (κ3) is 2.98. The van der Waals surface area contributed by atoms with Gasteiger partial charge in [0.2, 0.25) is 5.72 Å². The Morgan fingerprint density at radius 3 is 2.64 bits per heavy atom. The summed E-state index contributed by atoms with van der Waals surface area (Å²) in [6.45, 7) is 0. The van der Waals surface area contributed by atoms with Gasteiger partial charge in [-0.1, -0.05) is 6.07 Å². The highest BCUT2D eigenvalue weighted by Crippen LogP contribution is 2.44. The minimum absolute atomic E-state index is 0.102. The highest BCUT2D eigenvalue weighted by molar-refractivity contribution is 7.10. The maximum Gasteiger partial charge on any atom is 0.437 e. The number of thiophene rings is 1. The molecule has 2 aromatic rings. The van der Waals surface area contributed by atoms with Crippen molar-refractivity contribution in [1.29, 1.82) is 0 Å². The van der Waals surface area contributed by atoms with Crippen LogP contribution in [-0.2, 0) is 0 Å². The quantitative estimate of drug-likeness (QED) is 0.722. The van der Waals surface area contributed by atoms with Gasteiger partial charge in [0, 0.05) is 22.8 Å². The molecule has 0 spiro atoms. The molecular weight excluding hydrogens is 359 g/mol. The van der Waals surface area contributed by atoms with Gasteiger partial charge in [-0.3, -0.25) is 9.78 Å². The molecule has 0 saturated carbocycles. The summed E-state index contributed by atoms with van der Waals surface area (Å²) in [4.78, 5) is 28.6. The molecule has 132 valence electrons. The molecule has 0 radical (unpaired) electrons. The Morgan fingerprint density at radius 2 is 2.08 bits per heavy atom. The number of aliphatic hydroxyl groups is 1. The van der Waals surface area contributed by atoms with E-state index < -0.39 is 35.7 Å². The molecule has 3 atom stereocenters. The third-order valence-corrected chi connectivity index (χ3v) is 4.84. The minimum atomic E-state index is -5.26. The SMILES string of the molecule is O=C1N[C@H](c2cccs2)[C@H](C(=O)c2cccnc2)[C@@](O)(C(F)(F)F)N1. The molecule has 0 aromatic carbocycles. The normalized spacial score (nSPS) is 26.6. The van der Waals surface area contributed by atoms with Crippen molar-refractivity contribution in [1.82, 2.24) is 15.6 Å². The zero-order valence-corrected chi connectivity index (χ0v) is 13.3. The van der Waals surface area contributed by atoms with E-state index in [1.54, 1.807) is 11.4 Å². The van der Waals surface area contributed by atoms with Gasteiger partial charge in [-0.2, -0.15) is 13.2 Å². The topological polar surface area (TPSA) is 91.3 Å². The second kappa shape index (κ2) is 6.12. The highest BCUT2D eigenvalue weighted by Gasteiger charge is 2.66. The highest BCUT2D eigenvalue weighted by atomic mass is 32.1. The van der Waals surface area contributed by atoms with Crippen molar-refractivity contribution in [2.75, 3.05) is 0 Å². The maximum atomic E-state index is 13.6. The Morgan fingerprint density at radius 1 is 1.32 bits per heavy atom. The largest absolute Gasteiger partial charge is 0.437 e. The van der Waals surface area contributed by atoms with Crippen molar-refractivity contribution >= 4 is 23.2 Å². The molecule has 0 unspecified atom stereocenters. The number of rotatable bonds is 3. The van der Waals surface area contributed by atoms with Crippen LogP contribution < -0.4 is 10.6 Å². The molecular formula is C15H12F3N3O3S. The third-order valence-electron chi connectivity index (χ3n) is 3.88. The second-order valence-corrected chi connectivity index (χ2v) is 6.42. The van der Waals surface area contributed by atoms with Crippen LogP contribution in [0, 0.1) is 5.92 Å². The molecule has 0 bridgehead atoms. The summed E-state index contributed by atoms with van der Waals surface area (Å²) in [6, 6.07) is 3.21. The van der Waals surface area contributed by atoms with Crippen molar-refractivity contribution < 1.29 is 27.9 Å². The smallest absolute Gasteiger partial charge is 0.363 e. The zero-order valence-electron chi connectivity index (χ0n) is 12.4. The Kier molecular flexibility index (Phi) is 4.25. The van der Waals surface area contributed by atoms with Crippen LogP contribution >= 0.6 is 11.3 Å². The first-order valence-corrected chi connectivity index (χ1v) is 7.97. The van der Waals surface area contributed by atoms with E-state index in [4.69, 9.17) is 0 Å². The monoisotopic (exact) mass is 371 g/mol. The van der Waals surface area contributed by atoms with Gasteiger partial charge >= 0.3 is 12.2 Å². The lowest BCUT2D eigenvalue weighted by molar-refractivity contribution is -0.287. The van der Waals surface area contributed by atoms with Gasteiger partial charge in [-0.15, -0.1) is 11.3 Å². The summed E-state index contributed by atoms with van der Waals surface area (Å²) in [5.41, 5.74) is -3.81. The molecule has 1 aliphatic heterocycles. The van der Waals surface area contributed by atoms with Crippen LogP contribution in [0.3, 0.4) is 0 Å². The molecule has 2 amide bonds. The fraction of sp³-hybridized carbons (Fsp3) is 0.267. The van der Waals surface area contributed by atoms with Crippen LogP contribution in [0.1, 0.15) is 21.3 Å². The summed E-state index contributed by atoms with van der Waals surface area (Å²) in [7, 11) is 0. The van der Waals surface area contributed by atoms with Crippen LogP contribution in [-0.4, -0.2) is 33.8 Å². The molecule has 3 rings (SSSR count). The van der Waals surface area contributed by atoms with E-state index in [2.05, 4.69) is 10.3 Å². The molecule has 1 saturated heterocycles. The number of halogens is 3. The average molecular weight is 371 g/mol. The van der Waals surface area contributed by atoms with Crippen LogP contribution in [0.4, 0.5) is 18.0 Å². The average Bonchev–Trinajstić information content (AvgIpc) is 3.08. The number of Topliss-reactive ketones (excluding diaryl/α,β-unsaturated/α-hetero) is 1. The number of hydrogen-bond donors (Lipinski definition) is 3. The molecule has 6 nitrogen and oxygen atoms in total. The number of urea groups is 1. The molecule has 3 N–H and O–H groups in total. The van der Waals surface area contributed by atoms with E-state index in [1.807, 2.05) is 0 Å². The second-order valence-electron chi connectivity index (χ2n) is 5.44. The van der Waals surface area contributed by atoms with Crippen LogP contribution in [0.5, 0.6) is 0 Å². The number of aromatic nitrogens is 1. The van der Waals surface area contributed by atoms with Crippen LogP contribution in [0.15, 0.2) is 42.0 Å². The van der Waals surface area contributed by atoms with E-state index in [-0.39, 0.29) is 5.56 Å². The lowest BCUT2D eigenvalue weighted by atomic mass is 9.79. The summed E-state index contributed by atoms with van der Waals surface area (Å²) in [5.74, 6) is -3.01. The van der Waals surface area contributed by atoms with Gasteiger partial charge in [0.1, 0.15) is 5.92 Å². The summed E-state index contributed by atoms with van der Waals surface area (Å²) in [6.07, 6.45) is -2.78. The van der Waals surface area contributed by atoms with Gasteiger partial charge < -0.3 is 15.7 Å². The first kappa shape index (κ1) is 17.4. The Bertz CT molecular complexity index is 782. The Balaban J connectivity index is 2.14. The maximum absolute atomic E-state index is 13.6. The lowest BCUT2D eigenvalue weighted by Crippen LogP contribution is -2.72.